The van der Waals surface area contributed by atoms with E-state index in [1.807, 2.05) is 6.92 Å². The third-order valence-electron chi connectivity index (χ3n) is 2.19. The van der Waals surface area contributed by atoms with Gasteiger partial charge in [-0.3, -0.25) is 14.6 Å². The number of aliphatic carboxylic acids is 2. The van der Waals surface area contributed by atoms with Gasteiger partial charge in [0.15, 0.2) is 0 Å². The van der Waals surface area contributed by atoms with E-state index in [0.717, 1.165) is 5.56 Å². The normalized spacial score (nSPS) is 10.4. The van der Waals surface area contributed by atoms with Crippen molar-refractivity contribution in [1.82, 2.24) is 4.98 Å². The summed E-state index contributed by atoms with van der Waals surface area (Å²) in [5.41, 5.74) is 1.46. The summed E-state index contributed by atoms with van der Waals surface area (Å²) in [6.07, 6.45) is 1.16. The summed E-state index contributed by atoms with van der Waals surface area (Å²) >= 11 is 0. The van der Waals surface area contributed by atoms with Crippen molar-refractivity contribution in [3.8, 4) is 0 Å². The van der Waals surface area contributed by atoms with Crippen molar-refractivity contribution < 1.29 is 19.8 Å². The SMILES string of the molecule is Cc1ccc(C(CC(=O)O)CC(=O)O)nc1. The highest BCUT2D eigenvalue weighted by Crippen LogP contribution is 2.21. The van der Waals surface area contributed by atoms with Gasteiger partial charge in [-0.25, -0.2) is 0 Å². The van der Waals surface area contributed by atoms with E-state index >= 15 is 0 Å². The summed E-state index contributed by atoms with van der Waals surface area (Å²) in [7, 11) is 0. The largest absolute Gasteiger partial charge is 0.481 e. The molecule has 0 atom stereocenters. The van der Waals surface area contributed by atoms with Crippen LogP contribution in [0, 0.1) is 6.92 Å². The number of hydrogen-bond donors (Lipinski definition) is 2. The van der Waals surface area contributed by atoms with Gasteiger partial charge in [0.05, 0.1) is 12.8 Å². The lowest BCUT2D eigenvalue weighted by molar-refractivity contribution is -0.139. The van der Waals surface area contributed by atoms with Crippen molar-refractivity contribution in [3.05, 3.63) is 29.6 Å². The molecule has 5 nitrogen and oxygen atoms in total. The molecule has 0 amide bonds. The highest BCUT2D eigenvalue weighted by molar-refractivity contribution is 5.72. The van der Waals surface area contributed by atoms with E-state index in [1.165, 1.54) is 0 Å². The van der Waals surface area contributed by atoms with Crippen LogP contribution in [0.25, 0.3) is 0 Å². The zero-order valence-corrected chi connectivity index (χ0v) is 8.88. The molecule has 86 valence electrons. The van der Waals surface area contributed by atoms with E-state index in [2.05, 4.69) is 4.98 Å². The van der Waals surface area contributed by atoms with Crippen molar-refractivity contribution in [2.24, 2.45) is 0 Å². The van der Waals surface area contributed by atoms with Gasteiger partial charge in [0, 0.05) is 17.8 Å². The fourth-order valence-corrected chi connectivity index (χ4v) is 1.42. The molecule has 0 unspecified atom stereocenters. The zero-order chi connectivity index (χ0) is 12.1. The van der Waals surface area contributed by atoms with Gasteiger partial charge < -0.3 is 10.2 Å². The Bertz CT molecular complexity index is 369. The predicted molar refractivity (Wildman–Crippen MR) is 56.2 cm³/mol. The van der Waals surface area contributed by atoms with Gasteiger partial charge >= 0.3 is 11.9 Å². The van der Waals surface area contributed by atoms with E-state index in [-0.39, 0.29) is 12.8 Å². The molecule has 0 aliphatic carbocycles. The molecule has 16 heavy (non-hydrogen) atoms. The second-order valence-corrected chi connectivity index (χ2v) is 3.65. The van der Waals surface area contributed by atoms with E-state index in [9.17, 15) is 9.59 Å². The van der Waals surface area contributed by atoms with Gasteiger partial charge in [0.25, 0.3) is 0 Å². The minimum absolute atomic E-state index is 0.220. The third-order valence-corrected chi connectivity index (χ3v) is 2.19. The van der Waals surface area contributed by atoms with Crippen LogP contribution in [0.4, 0.5) is 0 Å². The average Bonchev–Trinajstić information content (AvgIpc) is 2.16. The Kier molecular flexibility index (Phi) is 3.99. The molecule has 1 heterocycles. The molecule has 0 aliphatic heterocycles. The van der Waals surface area contributed by atoms with E-state index in [1.54, 1.807) is 18.3 Å². The molecule has 1 aromatic rings. The predicted octanol–water partition coefficient (Wildman–Crippen LogP) is 1.42. The van der Waals surface area contributed by atoms with Crippen molar-refractivity contribution >= 4 is 11.9 Å². The van der Waals surface area contributed by atoms with Gasteiger partial charge in [-0.05, 0) is 18.6 Å². The quantitative estimate of drug-likeness (QED) is 0.788. The van der Waals surface area contributed by atoms with Gasteiger partial charge in [-0.15, -0.1) is 0 Å². The third kappa shape index (κ3) is 3.68. The molecule has 0 bridgehead atoms. The molecular weight excluding hydrogens is 210 g/mol. The van der Waals surface area contributed by atoms with Gasteiger partial charge in [-0.1, -0.05) is 6.07 Å². The first-order valence-corrected chi connectivity index (χ1v) is 4.85. The van der Waals surface area contributed by atoms with Gasteiger partial charge in [0.1, 0.15) is 0 Å². The highest BCUT2D eigenvalue weighted by atomic mass is 16.4. The molecule has 0 aromatic carbocycles. The summed E-state index contributed by atoms with van der Waals surface area (Å²) < 4.78 is 0. The molecule has 5 heteroatoms. The first-order chi connectivity index (χ1) is 7.49. The van der Waals surface area contributed by atoms with Crippen LogP contribution in [0.5, 0.6) is 0 Å². The fraction of sp³-hybridized carbons (Fsp3) is 0.364. The molecular formula is C11H13NO4. The minimum Gasteiger partial charge on any atom is -0.481 e. The standard InChI is InChI=1S/C11H13NO4/c1-7-2-3-9(12-6-7)8(4-10(13)14)5-11(15)16/h2-3,6,8H,4-5H2,1H3,(H,13,14)(H,15,16). The molecule has 0 fully saturated rings. The minimum atomic E-state index is -1.02. The first-order valence-electron chi connectivity index (χ1n) is 4.85. The lowest BCUT2D eigenvalue weighted by Gasteiger charge is -2.11. The van der Waals surface area contributed by atoms with E-state index in [0.29, 0.717) is 5.69 Å². The summed E-state index contributed by atoms with van der Waals surface area (Å²) in [4.78, 5) is 25.3. The van der Waals surface area contributed by atoms with Crippen LogP contribution in [0.1, 0.15) is 30.0 Å². The number of hydrogen-bond acceptors (Lipinski definition) is 3. The monoisotopic (exact) mass is 223 g/mol. The van der Waals surface area contributed by atoms with Crippen LogP contribution in [-0.2, 0) is 9.59 Å². The second-order valence-electron chi connectivity index (χ2n) is 3.65. The molecule has 0 saturated heterocycles. The van der Waals surface area contributed by atoms with Crippen LogP contribution in [-0.4, -0.2) is 27.1 Å². The molecule has 0 spiro atoms. The Labute approximate surface area is 92.8 Å². The number of nitrogens with zero attached hydrogens (tertiary/aromatic N) is 1. The summed E-state index contributed by atoms with van der Waals surface area (Å²) in [5, 5.41) is 17.4. The highest BCUT2D eigenvalue weighted by Gasteiger charge is 2.19. The topological polar surface area (TPSA) is 87.5 Å². The molecule has 1 rings (SSSR count). The van der Waals surface area contributed by atoms with Gasteiger partial charge in [0.2, 0.25) is 0 Å². The lowest BCUT2D eigenvalue weighted by Crippen LogP contribution is -2.12. The van der Waals surface area contributed by atoms with Crippen molar-refractivity contribution in [2.75, 3.05) is 0 Å². The maximum atomic E-state index is 10.6. The Balaban J connectivity index is 2.86. The Morgan fingerprint density at radius 2 is 1.81 bits per heavy atom. The summed E-state index contributed by atoms with van der Waals surface area (Å²) in [5.74, 6) is -2.61. The summed E-state index contributed by atoms with van der Waals surface area (Å²) in [6, 6.07) is 3.46. The van der Waals surface area contributed by atoms with Crippen LogP contribution in [0.15, 0.2) is 18.3 Å². The number of carboxylic acids is 2. The van der Waals surface area contributed by atoms with Crippen molar-refractivity contribution in [2.45, 2.75) is 25.7 Å². The number of pyridine rings is 1. The number of carboxylic acid groups (broad SMARTS) is 2. The van der Waals surface area contributed by atoms with Crippen LogP contribution < -0.4 is 0 Å². The molecule has 0 aliphatic rings. The number of aromatic nitrogens is 1. The zero-order valence-electron chi connectivity index (χ0n) is 8.88. The van der Waals surface area contributed by atoms with Crippen LogP contribution in [0.3, 0.4) is 0 Å². The van der Waals surface area contributed by atoms with E-state index in [4.69, 9.17) is 10.2 Å². The molecule has 0 radical (unpaired) electrons. The molecule has 1 aromatic heterocycles. The Morgan fingerprint density at radius 1 is 1.25 bits per heavy atom. The number of rotatable bonds is 5. The van der Waals surface area contributed by atoms with Crippen molar-refractivity contribution in [1.29, 1.82) is 0 Å². The molecule has 2 N–H and O–H groups in total. The first kappa shape index (κ1) is 12.2. The smallest absolute Gasteiger partial charge is 0.304 e. The number of aryl methyl sites for hydroxylation is 1. The van der Waals surface area contributed by atoms with E-state index < -0.39 is 17.9 Å². The second kappa shape index (κ2) is 5.25. The fourth-order valence-electron chi connectivity index (χ4n) is 1.42. The lowest BCUT2D eigenvalue weighted by atomic mass is 9.97. The summed E-state index contributed by atoms with van der Waals surface area (Å²) in [6.45, 7) is 1.86. The maximum absolute atomic E-state index is 10.6. The maximum Gasteiger partial charge on any atom is 0.304 e. The van der Waals surface area contributed by atoms with Crippen LogP contribution in [0.2, 0.25) is 0 Å². The van der Waals surface area contributed by atoms with Gasteiger partial charge in [-0.2, -0.15) is 0 Å². The van der Waals surface area contributed by atoms with Crippen LogP contribution >= 0.6 is 0 Å². The average molecular weight is 223 g/mol. The van der Waals surface area contributed by atoms with Crippen molar-refractivity contribution in [3.63, 3.8) is 0 Å². The molecule has 0 saturated carbocycles. The Morgan fingerprint density at radius 3 is 2.19 bits per heavy atom. The Hall–Kier alpha value is -1.91. The number of carbonyl (C=O) groups is 2.